The molecule has 188 valence electrons. The molecule has 2 heterocycles. The van der Waals surface area contributed by atoms with Crippen molar-refractivity contribution < 1.29 is 18.7 Å². The van der Waals surface area contributed by atoms with Crippen LogP contribution in [0, 0.1) is 6.92 Å². The molecule has 0 saturated heterocycles. The van der Waals surface area contributed by atoms with Gasteiger partial charge in [0.25, 0.3) is 5.56 Å². The fourth-order valence-electron chi connectivity index (χ4n) is 3.55. The Morgan fingerprint density at radius 3 is 2.86 bits per heavy atom. The smallest absolute Gasteiger partial charge is 0.254 e. The van der Waals surface area contributed by atoms with Crippen molar-refractivity contribution in [1.82, 2.24) is 14.9 Å². The van der Waals surface area contributed by atoms with Gasteiger partial charge in [0.05, 0.1) is 25.3 Å². The zero-order valence-electron chi connectivity index (χ0n) is 20.0. The first-order chi connectivity index (χ1) is 16.9. The predicted molar refractivity (Wildman–Crippen MR) is 132 cm³/mol. The van der Waals surface area contributed by atoms with Crippen LogP contribution >= 0.6 is 11.6 Å². The highest BCUT2D eigenvalue weighted by molar-refractivity contribution is 6.30. The van der Waals surface area contributed by atoms with Gasteiger partial charge in [-0.1, -0.05) is 17.7 Å². The van der Waals surface area contributed by atoms with Crippen molar-refractivity contribution in [2.24, 2.45) is 5.73 Å². The number of oxazole rings is 1. The molecule has 3 aromatic rings. The average molecular weight is 503 g/mol. The quantitative estimate of drug-likeness (QED) is 0.344. The number of rotatable bonds is 13. The number of nitrogens with zero attached hydrogens (tertiary/aromatic N) is 2. The van der Waals surface area contributed by atoms with Gasteiger partial charge in [0, 0.05) is 49.9 Å². The van der Waals surface area contributed by atoms with Crippen LogP contribution in [0.2, 0.25) is 5.02 Å². The van der Waals surface area contributed by atoms with Gasteiger partial charge in [0.1, 0.15) is 12.9 Å². The lowest BCUT2D eigenvalue weighted by molar-refractivity contribution is -0.120. The fourth-order valence-corrected chi connectivity index (χ4v) is 3.74. The zero-order valence-corrected chi connectivity index (χ0v) is 20.8. The van der Waals surface area contributed by atoms with Crippen molar-refractivity contribution in [2.45, 2.75) is 46.0 Å². The summed E-state index contributed by atoms with van der Waals surface area (Å²) in [6.45, 7) is 4.08. The number of nitrogens with two attached hydrogens (primary N) is 1. The summed E-state index contributed by atoms with van der Waals surface area (Å²) in [4.78, 5) is 30.1. The van der Waals surface area contributed by atoms with Gasteiger partial charge in [-0.3, -0.25) is 9.59 Å². The van der Waals surface area contributed by atoms with Crippen LogP contribution in [0.4, 0.5) is 0 Å². The number of carbonyl (C=O) groups is 1. The molecule has 35 heavy (non-hydrogen) atoms. The Bertz CT molecular complexity index is 1190. The van der Waals surface area contributed by atoms with Gasteiger partial charge >= 0.3 is 0 Å². The maximum absolute atomic E-state index is 13.0. The van der Waals surface area contributed by atoms with Crippen molar-refractivity contribution >= 4 is 17.5 Å². The molecular formula is C25H31ClN4O5. The number of methoxy groups -OCH3 is 1. The number of nitrogens with one attached hydrogen (secondary N) is 1. The molecule has 0 radical (unpaired) electrons. The molecule has 1 aromatic carbocycles. The summed E-state index contributed by atoms with van der Waals surface area (Å²) >= 11 is 6.07. The van der Waals surface area contributed by atoms with Gasteiger partial charge in [0.15, 0.2) is 0 Å². The minimum atomic E-state index is -0.250. The van der Waals surface area contributed by atoms with Crippen molar-refractivity contribution in [3.8, 4) is 0 Å². The molecule has 0 aliphatic rings. The number of benzene rings is 1. The molecule has 9 nitrogen and oxygen atoms in total. The summed E-state index contributed by atoms with van der Waals surface area (Å²) in [5.41, 5.74) is 9.28. The maximum atomic E-state index is 13.0. The van der Waals surface area contributed by atoms with E-state index in [1.807, 2.05) is 19.1 Å². The molecule has 0 bridgehead atoms. The Hall–Kier alpha value is -2.98. The molecular weight excluding hydrogens is 472 g/mol. The van der Waals surface area contributed by atoms with E-state index in [0.717, 1.165) is 22.4 Å². The number of carbonyl (C=O) groups excluding carboxylic acids is 1. The predicted octanol–water partition coefficient (Wildman–Crippen LogP) is 2.52. The molecule has 0 fully saturated rings. The molecule has 0 unspecified atom stereocenters. The van der Waals surface area contributed by atoms with Crippen LogP contribution in [0.25, 0.3) is 0 Å². The number of amides is 1. The Balaban J connectivity index is 1.58. The van der Waals surface area contributed by atoms with Crippen LogP contribution in [0.1, 0.15) is 33.8 Å². The summed E-state index contributed by atoms with van der Waals surface area (Å²) in [5.74, 6) is 0.225. The fraction of sp³-hybridized carbons (Fsp3) is 0.400. The maximum Gasteiger partial charge on any atom is 0.254 e. The Labute approximate surface area is 209 Å². The Morgan fingerprint density at radius 2 is 2.09 bits per heavy atom. The number of aromatic nitrogens is 2. The Kier molecular flexibility index (Phi) is 10.0. The molecule has 2 aromatic heterocycles. The first-order valence-electron chi connectivity index (χ1n) is 11.3. The normalized spacial score (nSPS) is 11.1. The minimum Gasteiger partial charge on any atom is -0.446 e. The van der Waals surface area contributed by atoms with E-state index in [1.165, 1.54) is 0 Å². The summed E-state index contributed by atoms with van der Waals surface area (Å²) in [6.07, 6.45) is 3.78. The number of halogens is 1. The van der Waals surface area contributed by atoms with E-state index in [4.69, 9.17) is 31.2 Å². The van der Waals surface area contributed by atoms with E-state index in [-0.39, 0.29) is 31.0 Å². The third-order valence-corrected chi connectivity index (χ3v) is 5.80. The van der Waals surface area contributed by atoms with E-state index in [9.17, 15) is 9.59 Å². The zero-order chi connectivity index (χ0) is 25.2. The highest BCUT2D eigenvalue weighted by atomic mass is 35.5. The third kappa shape index (κ3) is 7.76. The Morgan fingerprint density at radius 1 is 1.26 bits per heavy atom. The van der Waals surface area contributed by atoms with Crippen molar-refractivity contribution in [1.29, 1.82) is 0 Å². The molecule has 0 atom stereocenters. The van der Waals surface area contributed by atoms with Crippen LogP contribution in [0.3, 0.4) is 0 Å². The molecule has 10 heteroatoms. The summed E-state index contributed by atoms with van der Waals surface area (Å²) in [7, 11) is 1.61. The highest BCUT2D eigenvalue weighted by Crippen LogP contribution is 2.16. The van der Waals surface area contributed by atoms with Crippen LogP contribution in [-0.2, 0) is 53.4 Å². The molecule has 0 spiro atoms. The number of aryl methyl sites for hydroxylation is 3. The van der Waals surface area contributed by atoms with Gasteiger partial charge in [-0.05, 0) is 41.8 Å². The topological polar surface area (TPSA) is 122 Å². The van der Waals surface area contributed by atoms with E-state index in [1.54, 1.807) is 36.3 Å². The number of hydrogen-bond acceptors (Lipinski definition) is 7. The molecule has 3 N–H and O–H groups in total. The molecule has 1 amide bonds. The summed E-state index contributed by atoms with van der Waals surface area (Å²) in [6, 6.07) is 7.23. The molecule has 0 aliphatic heterocycles. The van der Waals surface area contributed by atoms with Crippen LogP contribution in [0.15, 0.2) is 45.9 Å². The largest absolute Gasteiger partial charge is 0.446 e. The van der Waals surface area contributed by atoms with Crippen molar-refractivity contribution in [3.63, 3.8) is 0 Å². The summed E-state index contributed by atoms with van der Waals surface area (Å²) in [5, 5.41) is 3.44. The summed E-state index contributed by atoms with van der Waals surface area (Å²) < 4.78 is 17.3. The van der Waals surface area contributed by atoms with Crippen LogP contribution in [-0.4, -0.2) is 35.8 Å². The van der Waals surface area contributed by atoms with E-state index in [0.29, 0.717) is 49.2 Å². The van der Waals surface area contributed by atoms with Gasteiger partial charge in [-0.15, -0.1) is 0 Å². The number of pyridine rings is 1. The second-order valence-corrected chi connectivity index (χ2v) is 8.51. The highest BCUT2D eigenvalue weighted by Gasteiger charge is 2.14. The van der Waals surface area contributed by atoms with Crippen molar-refractivity contribution in [3.05, 3.63) is 85.9 Å². The number of ether oxygens (including phenoxy) is 2. The van der Waals surface area contributed by atoms with Gasteiger partial charge < -0.3 is 29.5 Å². The van der Waals surface area contributed by atoms with E-state index < -0.39 is 0 Å². The second-order valence-electron chi connectivity index (χ2n) is 8.07. The third-order valence-electron chi connectivity index (χ3n) is 5.57. The number of hydrogen-bond donors (Lipinski definition) is 2. The van der Waals surface area contributed by atoms with E-state index >= 15 is 0 Å². The van der Waals surface area contributed by atoms with Crippen LogP contribution in [0.5, 0.6) is 0 Å². The monoisotopic (exact) mass is 502 g/mol. The lowest BCUT2D eigenvalue weighted by atomic mass is 10.1. The van der Waals surface area contributed by atoms with Gasteiger partial charge in [-0.2, -0.15) is 0 Å². The van der Waals surface area contributed by atoms with Crippen molar-refractivity contribution in [2.75, 3.05) is 20.3 Å². The molecule has 0 saturated carbocycles. The lowest BCUT2D eigenvalue weighted by Crippen LogP contribution is -2.31. The molecule has 0 aliphatic carbocycles. The lowest BCUT2D eigenvalue weighted by Gasteiger charge is -2.12. The first-order valence-corrected chi connectivity index (χ1v) is 11.7. The minimum absolute atomic E-state index is 0.0169. The average Bonchev–Trinajstić information content (AvgIpc) is 3.30. The standard InChI is InChI=1S/C25H31ClN4O5/c1-17-5-7-30(8-6-21-15-35-24(29-21)16-34-10-9-33-2)25(32)22(17)12-23(31)28-14-19-11-20(26)4-3-18(19)13-27/h3-5,7,11,15H,6,8-10,12-14,16,27H2,1-2H3,(H,28,31). The van der Waals surface area contributed by atoms with Crippen LogP contribution < -0.4 is 16.6 Å². The van der Waals surface area contributed by atoms with Gasteiger partial charge in [-0.25, -0.2) is 4.98 Å². The molecule has 3 rings (SSSR count). The first kappa shape index (κ1) is 26.6. The second kappa shape index (κ2) is 13.2. The van der Waals surface area contributed by atoms with E-state index in [2.05, 4.69) is 10.3 Å². The van der Waals surface area contributed by atoms with Gasteiger partial charge in [0.2, 0.25) is 11.8 Å². The SMILES string of the molecule is COCCOCc1nc(CCn2ccc(C)c(CC(=O)NCc3cc(Cl)ccc3CN)c2=O)co1.